The maximum atomic E-state index is 6.43. The van der Waals surface area contributed by atoms with Gasteiger partial charge in [-0.2, -0.15) is 0 Å². The number of hydrogen-bond acceptors (Lipinski definition) is 3. The molecular formula is C22H24BNO2. The highest BCUT2D eigenvalue weighted by Gasteiger charge is 2.51. The molecule has 4 rings (SSSR count). The molecule has 0 saturated carbocycles. The summed E-state index contributed by atoms with van der Waals surface area (Å²) in [5.74, 6) is 0. The molecule has 0 atom stereocenters. The molecule has 0 bridgehead atoms. The Morgan fingerprint density at radius 1 is 0.769 bits per heavy atom. The number of nitrogens with two attached hydrogens (primary N) is 1. The van der Waals surface area contributed by atoms with Crippen LogP contribution in [0.25, 0.3) is 21.9 Å². The van der Waals surface area contributed by atoms with Gasteiger partial charge in [0.2, 0.25) is 0 Å². The van der Waals surface area contributed by atoms with Crippen LogP contribution in [0, 0.1) is 0 Å². The van der Waals surface area contributed by atoms with Crippen molar-refractivity contribution >= 4 is 29.0 Å². The van der Waals surface area contributed by atoms with Crippen LogP contribution in [0.3, 0.4) is 0 Å². The summed E-state index contributed by atoms with van der Waals surface area (Å²) in [5.41, 5.74) is 9.73. The van der Waals surface area contributed by atoms with Gasteiger partial charge in [-0.05, 0) is 44.1 Å². The Kier molecular flexibility index (Phi) is 3.87. The summed E-state index contributed by atoms with van der Waals surface area (Å²) in [6.45, 7) is 8.27. The Balaban J connectivity index is 1.66. The Hall–Kier alpha value is -2.30. The molecule has 0 radical (unpaired) electrons. The van der Waals surface area contributed by atoms with E-state index in [0.717, 1.165) is 33.0 Å². The lowest BCUT2D eigenvalue weighted by molar-refractivity contribution is 0.00578. The number of fused-ring (bicyclic) bond motifs is 1. The van der Waals surface area contributed by atoms with Gasteiger partial charge in [-0.3, -0.25) is 0 Å². The van der Waals surface area contributed by atoms with E-state index in [2.05, 4.69) is 76.2 Å². The number of nitrogen functional groups attached to an aromatic ring is 1. The third-order valence-corrected chi connectivity index (χ3v) is 5.72. The molecule has 1 heterocycles. The summed E-state index contributed by atoms with van der Waals surface area (Å²) in [7, 11) is -0.344. The first-order valence-electron chi connectivity index (χ1n) is 9.02. The van der Waals surface area contributed by atoms with Gasteiger partial charge < -0.3 is 15.0 Å². The fraction of sp³-hybridized carbons (Fsp3) is 0.273. The van der Waals surface area contributed by atoms with Crippen molar-refractivity contribution in [2.45, 2.75) is 38.9 Å². The van der Waals surface area contributed by atoms with Crippen LogP contribution in [-0.2, 0) is 9.31 Å². The Labute approximate surface area is 155 Å². The van der Waals surface area contributed by atoms with Gasteiger partial charge in [0.15, 0.2) is 0 Å². The Morgan fingerprint density at radius 3 is 2.04 bits per heavy atom. The van der Waals surface area contributed by atoms with Crippen molar-refractivity contribution in [1.82, 2.24) is 0 Å². The van der Waals surface area contributed by atoms with Crippen molar-refractivity contribution < 1.29 is 9.31 Å². The van der Waals surface area contributed by atoms with Crippen molar-refractivity contribution in [3.05, 3.63) is 60.7 Å². The monoisotopic (exact) mass is 345 g/mol. The molecule has 4 heteroatoms. The van der Waals surface area contributed by atoms with E-state index in [4.69, 9.17) is 15.0 Å². The van der Waals surface area contributed by atoms with Gasteiger partial charge in [0, 0.05) is 16.6 Å². The first-order chi connectivity index (χ1) is 12.3. The summed E-state index contributed by atoms with van der Waals surface area (Å²) in [5, 5.41) is 2.24. The lowest BCUT2D eigenvalue weighted by atomic mass is 9.78. The van der Waals surface area contributed by atoms with E-state index >= 15 is 0 Å². The van der Waals surface area contributed by atoms with E-state index in [0.29, 0.717) is 0 Å². The van der Waals surface area contributed by atoms with Crippen LogP contribution < -0.4 is 11.2 Å². The van der Waals surface area contributed by atoms with Gasteiger partial charge in [-0.25, -0.2) is 0 Å². The van der Waals surface area contributed by atoms with E-state index in [1.807, 2.05) is 12.1 Å². The molecule has 0 unspecified atom stereocenters. The predicted molar refractivity (Wildman–Crippen MR) is 110 cm³/mol. The lowest BCUT2D eigenvalue weighted by Gasteiger charge is -2.32. The van der Waals surface area contributed by atoms with Gasteiger partial charge in [-0.15, -0.1) is 0 Å². The normalized spacial score (nSPS) is 18.4. The van der Waals surface area contributed by atoms with E-state index in [-0.39, 0.29) is 18.3 Å². The first kappa shape index (κ1) is 17.1. The number of benzene rings is 3. The minimum Gasteiger partial charge on any atom is -0.399 e. The minimum atomic E-state index is -0.344. The highest BCUT2D eigenvalue weighted by atomic mass is 16.7. The van der Waals surface area contributed by atoms with Crippen LogP contribution >= 0.6 is 0 Å². The van der Waals surface area contributed by atoms with Gasteiger partial charge >= 0.3 is 7.12 Å². The van der Waals surface area contributed by atoms with Crippen LogP contribution in [0.1, 0.15) is 27.7 Å². The lowest BCUT2D eigenvalue weighted by Crippen LogP contribution is -2.41. The molecule has 0 spiro atoms. The summed E-state index contributed by atoms with van der Waals surface area (Å²) in [4.78, 5) is 0. The molecule has 1 fully saturated rings. The second-order valence-electron chi connectivity index (χ2n) is 7.96. The zero-order valence-corrected chi connectivity index (χ0v) is 15.7. The van der Waals surface area contributed by atoms with Crippen molar-refractivity contribution in [2.75, 3.05) is 5.73 Å². The molecule has 1 aliphatic rings. The SMILES string of the molecule is CC1(C)OB(c2ccc(-c3ccc4ccccc4c3N)cc2)OC1(C)C. The van der Waals surface area contributed by atoms with Gasteiger partial charge in [0.25, 0.3) is 0 Å². The van der Waals surface area contributed by atoms with Gasteiger partial charge in [0.1, 0.15) is 0 Å². The average molecular weight is 345 g/mol. The number of rotatable bonds is 2. The standard InChI is InChI=1S/C22H24BNO2/c1-21(2)22(3,4)26-23(25-21)17-12-9-16(10-13-17)19-14-11-15-7-5-6-8-18(15)20(19)24/h5-14H,24H2,1-4H3. The first-order valence-corrected chi connectivity index (χ1v) is 9.02. The van der Waals surface area contributed by atoms with E-state index < -0.39 is 0 Å². The van der Waals surface area contributed by atoms with Crippen LogP contribution in [0.5, 0.6) is 0 Å². The second kappa shape index (κ2) is 5.87. The third-order valence-electron chi connectivity index (χ3n) is 5.72. The van der Waals surface area contributed by atoms with Crippen LogP contribution in [0.4, 0.5) is 5.69 Å². The fourth-order valence-corrected chi connectivity index (χ4v) is 3.35. The zero-order valence-electron chi connectivity index (χ0n) is 15.7. The molecule has 3 aromatic rings. The van der Waals surface area contributed by atoms with Gasteiger partial charge in [0.05, 0.1) is 11.2 Å². The highest BCUT2D eigenvalue weighted by molar-refractivity contribution is 6.62. The smallest absolute Gasteiger partial charge is 0.399 e. The summed E-state index contributed by atoms with van der Waals surface area (Å²) >= 11 is 0. The van der Waals surface area contributed by atoms with Crippen molar-refractivity contribution in [3.8, 4) is 11.1 Å². The molecule has 2 N–H and O–H groups in total. The quantitative estimate of drug-likeness (QED) is 0.553. The maximum Gasteiger partial charge on any atom is 0.494 e. The molecule has 0 aromatic heterocycles. The average Bonchev–Trinajstić information content (AvgIpc) is 2.83. The number of anilines is 1. The summed E-state index contributed by atoms with van der Waals surface area (Å²) in [6.07, 6.45) is 0. The molecule has 1 aliphatic heterocycles. The molecule has 132 valence electrons. The fourth-order valence-electron chi connectivity index (χ4n) is 3.35. The van der Waals surface area contributed by atoms with Crippen molar-refractivity contribution in [3.63, 3.8) is 0 Å². The predicted octanol–water partition coefficient (Wildman–Crippen LogP) is 4.39. The molecule has 0 amide bonds. The zero-order chi connectivity index (χ0) is 18.5. The minimum absolute atomic E-state index is 0.334. The third kappa shape index (κ3) is 2.70. The van der Waals surface area contributed by atoms with Crippen molar-refractivity contribution in [2.24, 2.45) is 0 Å². The largest absolute Gasteiger partial charge is 0.494 e. The van der Waals surface area contributed by atoms with Crippen LogP contribution in [0.2, 0.25) is 0 Å². The molecule has 26 heavy (non-hydrogen) atoms. The summed E-state index contributed by atoms with van der Waals surface area (Å²) in [6, 6.07) is 20.7. The highest BCUT2D eigenvalue weighted by Crippen LogP contribution is 2.37. The van der Waals surface area contributed by atoms with Crippen molar-refractivity contribution in [1.29, 1.82) is 0 Å². The van der Waals surface area contributed by atoms with Gasteiger partial charge in [-0.1, -0.05) is 60.7 Å². The molecular weight excluding hydrogens is 321 g/mol. The molecule has 3 nitrogen and oxygen atoms in total. The molecule has 0 aliphatic carbocycles. The summed E-state index contributed by atoms with van der Waals surface area (Å²) < 4.78 is 12.3. The van der Waals surface area contributed by atoms with Crippen LogP contribution in [0.15, 0.2) is 60.7 Å². The van der Waals surface area contributed by atoms with E-state index in [9.17, 15) is 0 Å². The number of hydrogen-bond donors (Lipinski definition) is 1. The Bertz CT molecular complexity index is 948. The topological polar surface area (TPSA) is 44.5 Å². The van der Waals surface area contributed by atoms with Crippen LogP contribution in [-0.4, -0.2) is 18.3 Å². The Morgan fingerprint density at radius 2 is 1.38 bits per heavy atom. The van der Waals surface area contributed by atoms with E-state index in [1.54, 1.807) is 0 Å². The van der Waals surface area contributed by atoms with E-state index in [1.165, 1.54) is 0 Å². The molecule has 1 saturated heterocycles. The maximum absolute atomic E-state index is 6.43. The molecule has 3 aromatic carbocycles. The second-order valence-corrected chi connectivity index (χ2v) is 7.96.